The molecule has 0 unspecified atom stereocenters. The van der Waals surface area contributed by atoms with Gasteiger partial charge in [-0.25, -0.2) is 9.18 Å². The molecule has 0 saturated heterocycles. The van der Waals surface area contributed by atoms with Crippen molar-refractivity contribution in [2.24, 2.45) is 5.92 Å². The lowest BCUT2D eigenvalue weighted by atomic mass is 10.1. The van der Waals surface area contributed by atoms with E-state index in [4.69, 9.17) is 0 Å². The Morgan fingerprint density at radius 1 is 1.07 bits per heavy atom. The van der Waals surface area contributed by atoms with Crippen molar-refractivity contribution >= 4 is 23.5 Å². The number of hydrogen-bond acceptors (Lipinski definition) is 3. The van der Waals surface area contributed by atoms with E-state index in [-0.39, 0.29) is 35.9 Å². The molecule has 0 aliphatic heterocycles. The highest BCUT2D eigenvalue weighted by Crippen LogP contribution is 2.17. The average Bonchev–Trinajstić information content (AvgIpc) is 2.62. The van der Waals surface area contributed by atoms with Crippen LogP contribution in [0.2, 0.25) is 0 Å². The zero-order valence-corrected chi connectivity index (χ0v) is 15.7. The van der Waals surface area contributed by atoms with Crippen LogP contribution in [0.3, 0.4) is 0 Å². The number of halogens is 1. The van der Waals surface area contributed by atoms with Gasteiger partial charge in [-0.2, -0.15) is 0 Å². The van der Waals surface area contributed by atoms with Crippen molar-refractivity contribution in [2.75, 3.05) is 5.32 Å². The first-order valence-electron chi connectivity index (χ1n) is 8.93. The zero-order chi connectivity index (χ0) is 20.7. The van der Waals surface area contributed by atoms with Crippen molar-refractivity contribution in [3.63, 3.8) is 0 Å². The van der Waals surface area contributed by atoms with Gasteiger partial charge in [0, 0.05) is 18.4 Å². The number of carbonyl (C=O) groups excluding carboxylic acids is 2. The normalized spacial score (nSPS) is 11.7. The third-order valence-corrected chi connectivity index (χ3v) is 3.99. The van der Waals surface area contributed by atoms with Crippen LogP contribution in [-0.4, -0.2) is 28.9 Å². The minimum absolute atomic E-state index is 0.0266. The zero-order valence-electron chi connectivity index (χ0n) is 15.7. The van der Waals surface area contributed by atoms with E-state index >= 15 is 0 Å². The number of carbonyl (C=O) groups is 3. The van der Waals surface area contributed by atoms with Gasteiger partial charge in [-0.05, 0) is 29.7 Å². The maximum absolute atomic E-state index is 14.2. The Labute approximate surface area is 162 Å². The number of hydrogen-bond donors (Lipinski definition) is 3. The Morgan fingerprint density at radius 3 is 2.32 bits per heavy atom. The number of carboxylic acids is 1. The molecule has 7 heteroatoms. The van der Waals surface area contributed by atoms with Crippen LogP contribution in [0.4, 0.5) is 10.1 Å². The van der Waals surface area contributed by atoms with Gasteiger partial charge in [-0.15, -0.1) is 0 Å². The van der Waals surface area contributed by atoms with Crippen LogP contribution >= 0.6 is 0 Å². The Bertz CT molecular complexity index is 853. The van der Waals surface area contributed by atoms with Crippen LogP contribution < -0.4 is 10.6 Å². The molecule has 0 aromatic heterocycles. The monoisotopic (exact) mass is 386 g/mol. The van der Waals surface area contributed by atoms with Crippen LogP contribution in [-0.2, 0) is 16.0 Å². The Hall–Kier alpha value is -3.22. The molecule has 0 saturated carbocycles. The number of amides is 2. The number of rotatable bonds is 8. The lowest BCUT2D eigenvalue weighted by Gasteiger charge is -2.15. The fourth-order valence-electron chi connectivity index (χ4n) is 2.62. The van der Waals surface area contributed by atoms with Gasteiger partial charge in [0.15, 0.2) is 0 Å². The SMILES string of the molecule is CC(C)CC(=O)Nc1ccc(C(=O)N[C@H](Cc2ccccc2)C(=O)O)cc1F. The molecule has 0 fully saturated rings. The van der Waals surface area contributed by atoms with E-state index < -0.39 is 23.7 Å². The molecular formula is C21H23FN2O4. The van der Waals surface area contributed by atoms with Crippen molar-refractivity contribution in [3.05, 3.63) is 65.5 Å². The van der Waals surface area contributed by atoms with Crippen LogP contribution in [0.5, 0.6) is 0 Å². The molecule has 2 amide bonds. The van der Waals surface area contributed by atoms with Gasteiger partial charge >= 0.3 is 5.97 Å². The lowest BCUT2D eigenvalue weighted by molar-refractivity contribution is -0.139. The summed E-state index contributed by atoms with van der Waals surface area (Å²) in [5.41, 5.74) is 0.699. The van der Waals surface area contributed by atoms with Crippen molar-refractivity contribution < 1.29 is 23.9 Å². The van der Waals surface area contributed by atoms with Gasteiger partial charge in [0.05, 0.1) is 5.69 Å². The van der Waals surface area contributed by atoms with Crippen molar-refractivity contribution in [1.29, 1.82) is 0 Å². The van der Waals surface area contributed by atoms with Crippen LogP contribution in [0, 0.1) is 11.7 Å². The molecule has 2 rings (SSSR count). The van der Waals surface area contributed by atoms with Crippen LogP contribution in [0.1, 0.15) is 36.2 Å². The van der Waals surface area contributed by atoms with Crippen molar-refractivity contribution in [1.82, 2.24) is 5.32 Å². The first kappa shape index (κ1) is 21.1. The maximum Gasteiger partial charge on any atom is 0.326 e. The Balaban J connectivity index is 2.07. The third kappa shape index (κ3) is 6.19. The van der Waals surface area contributed by atoms with Crippen LogP contribution in [0.15, 0.2) is 48.5 Å². The standard InChI is InChI=1S/C21H23FN2O4/c1-13(2)10-19(25)23-17-9-8-15(12-16(17)22)20(26)24-18(21(27)28)11-14-6-4-3-5-7-14/h3-9,12-13,18H,10-11H2,1-2H3,(H,23,25)(H,24,26)(H,27,28)/t18-/m1/s1. The number of aliphatic carboxylic acids is 1. The summed E-state index contributed by atoms with van der Waals surface area (Å²) >= 11 is 0. The molecule has 2 aromatic rings. The molecule has 148 valence electrons. The highest BCUT2D eigenvalue weighted by atomic mass is 19.1. The first-order chi connectivity index (χ1) is 13.3. The van der Waals surface area contributed by atoms with Gasteiger partial charge in [0.2, 0.25) is 5.91 Å². The number of carboxylic acid groups (broad SMARTS) is 1. The highest BCUT2D eigenvalue weighted by molar-refractivity contribution is 5.97. The maximum atomic E-state index is 14.2. The molecule has 28 heavy (non-hydrogen) atoms. The molecule has 6 nitrogen and oxygen atoms in total. The molecule has 0 aliphatic rings. The molecule has 0 spiro atoms. The largest absolute Gasteiger partial charge is 0.480 e. The summed E-state index contributed by atoms with van der Waals surface area (Å²) in [4.78, 5) is 35.6. The summed E-state index contributed by atoms with van der Waals surface area (Å²) in [5.74, 6) is -2.84. The average molecular weight is 386 g/mol. The smallest absolute Gasteiger partial charge is 0.326 e. The Morgan fingerprint density at radius 2 is 1.75 bits per heavy atom. The minimum atomic E-state index is -1.18. The third-order valence-electron chi connectivity index (χ3n) is 3.99. The number of benzene rings is 2. The molecule has 0 radical (unpaired) electrons. The van der Waals surface area contributed by atoms with E-state index in [0.29, 0.717) is 0 Å². The molecule has 2 aromatic carbocycles. The second-order valence-electron chi connectivity index (χ2n) is 6.89. The summed E-state index contributed by atoms with van der Waals surface area (Å²) in [6, 6.07) is 11.3. The lowest BCUT2D eigenvalue weighted by Crippen LogP contribution is -2.42. The van der Waals surface area contributed by atoms with Gasteiger partial charge in [-0.1, -0.05) is 44.2 Å². The Kier molecular flexibility index (Phi) is 7.26. The van der Waals surface area contributed by atoms with Gasteiger partial charge in [-0.3, -0.25) is 9.59 Å². The predicted octanol–water partition coefficient (Wildman–Crippen LogP) is 3.24. The molecule has 0 heterocycles. The number of nitrogens with one attached hydrogen (secondary N) is 2. The fraction of sp³-hybridized carbons (Fsp3) is 0.286. The van der Waals surface area contributed by atoms with E-state index in [1.165, 1.54) is 12.1 Å². The van der Waals surface area contributed by atoms with E-state index in [2.05, 4.69) is 10.6 Å². The van der Waals surface area contributed by atoms with Crippen LogP contribution in [0.25, 0.3) is 0 Å². The fourth-order valence-corrected chi connectivity index (χ4v) is 2.62. The molecule has 0 bridgehead atoms. The predicted molar refractivity (Wildman–Crippen MR) is 104 cm³/mol. The molecule has 1 atom stereocenters. The summed E-state index contributed by atoms with van der Waals surface area (Å²) in [5, 5.41) is 14.2. The summed E-state index contributed by atoms with van der Waals surface area (Å²) in [6.07, 6.45) is 0.356. The summed E-state index contributed by atoms with van der Waals surface area (Å²) in [7, 11) is 0. The van der Waals surface area contributed by atoms with Crippen molar-refractivity contribution in [3.8, 4) is 0 Å². The second-order valence-corrected chi connectivity index (χ2v) is 6.89. The van der Waals surface area contributed by atoms with Gasteiger partial charge in [0.1, 0.15) is 11.9 Å². The topological polar surface area (TPSA) is 95.5 Å². The minimum Gasteiger partial charge on any atom is -0.480 e. The number of anilines is 1. The van der Waals surface area contributed by atoms with E-state index in [1.807, 2.05) is 19.9 Å². The van der Waals surface area contributed by atoms with Gasteiger partial charge in [0.25, 0.3) is 5.91 Å². The van der Waals surface area contributed by atoms with Crippen molar-refractivity contribution in [2.45, 2.75) is 32.7 Å². The quantitative estimate of drug-likeness (QED) is 0.649. The molecule has 3 N–H and O–H groups in total. The van der Waals surface area contributed by atoms with E-state index in [1.54, 1.807) is 24.3 Å². The van der Waals surface area contributed by atoms with Gasteiger partial charge < -0.3 is 15.7 Å². The summed E-state index contributed by atoms with van der Waals surface area (Å²) in [6.45, 7) is 3.75. The second kappa shape index (κ2) is 9.64. The molecular weight excluding hydrogens is 363 g/mol. The van der Waals surface area contributed by atoms with E-state index in [0.717, 1.165) is 11.6 Å². The van der Waals surface area contributed by atoms with E-state index in [9.17, 15) is 23.9 Å². The molecule has 0 aliphatic carbocycles. The highest BCUT2D eigenvalue weighted by Gasteiger charge is 2.22. The first-order valence-corrected chi connectivity index (χ1v) is 8.93. The summed E-state index contributed by atoms with van der Waals surface area (Å²) < 4.78 is 14.2.